The molecular weight excluding hydrogens is 278 g/mol. The SMILES string of the molecule is Cc1cc(C)nc(Sc2nc3c(cc2CN)CCCC3)c1. The van der Waals surface area contributed by atoms with E-state index < -0.39 is 0 Å². The van der Waals surface area contributed by atoms with E-state index in [-0.39, 0.29) is 0 Å². The van der Waals surface area contributed by atoms with E-state index in [1.807, 2.05) is 6.92 Å². The van der Waals surface area contributed by atoms with E-state index in [9.17, 15) is 0 Å². The molecule has 0 aliphatic heterocycles. The molecule has 0 fully saturated rings. The van der Waals surface area contributed by atoms with Crippen molar-refractivity contribution in [3.8, 4) is 0 Å². The molecule has 0 saturated heterocycles. The molecular formula is C17H21N3S. The highest BCUT2D eigenvalue weighted by atomic mass is 32.2. The first-order valence-electron chi connectivity index (χ1n) is 7.50. The molecule has 3 nitrogen and oxygen atoms in total. The number of nitrogens with zero attached hydrogens (tertiary/aromatic N) is 2. The summed E-state index contributed by atoms with van der Waals surface area (Å²) in [7, 11) is 0. The molecule has 0 radical (unpaired) electrons. The maximum Gasteiger partial charge on any atom is 0.107 e. The van der Waals surface area contributed by atoms with E-state index in [0.29, 0.717) is 6.54 Å². The summed E-state index contributed by atoms with van der Waals surface area (Å²) in [4.78, 5) is 9.48. The molecule has 0 unspecified atom stereocenters. The molecule has 0 amide bonds. The topological polar surface area (TPSA) is 51.8 Å². The van der Waals surface area contributed by atoms with E-state index >= 15 is 0 Å². The number of nitrogens with two attached hydrogens (primary N) is 1. The lowest BCUT2D eigenvalue weighted by atomic mass is 9.95. The first kappa shape index (κ1) is 14.5. The molecule has 2 N–H and O–H groups in total. The highest BCUT2D eigenvalue weighted by Gasteiger charge is 2.15. The van der Waals surface area contributed by atoms with Gasteiger partial charge in [0.15, 0.2) is 0 Å². The molecule has 2 aromatic heterocycles. The molecule has 0 saturated carbocycles. The summed E-state index contributed by atoms with van der Waals surface area (Å²) in [6.07, 6.45) is 4.74. The predicted octanol–water partition coefficient (Wildman–Crippen LogP) is 3.58. The minimum absolute atomic E-state index is 0.535. The summed E-state index contributed by atoms with van der Waals surface area (Å²) in [6.45, 7) is 4.66. The Hall–Kier alpha value is -1.39. The number of hydrogen-bond acceptors (Lipinski definition) is 4. The Labute approximate surface area is 130 Å². The summed E-state index contributed by atoms with van der Waals surface area (Å²) in [6, 6.07) is 6.46. The molecule has 4 heteroatoms. The van der Waals surface area contributed by atoms with Crippen LogP contribution in [0.3, 0.4) is 0 Å². The van der Waals surface area contributed by atoms with Gasteiger partial charge < -0.3 is 5.73 Å². The number of fused-ring (bicyclic) bond motifs is 1. The van der Waals surface area contributed by atoms with E-state index in [1.54, 1.807) is 11.8 Å². The number of hydrogen-bond donors (Lipinski definition) is 1. The van der Waals surface area contributed by atoms with Crippen LogP contribution < -0.4 is 5.73 Å². The predicted molar refractivity (Wildman–Crippen MR) is 86.6 cm³/mol. The lowest BCUT2D eigenvalue weighted by Gasteiger charge is -2.18. The van der Waals surface area contributed by atoms with Crippen molar-refractivity contribution in [2.45, 2.75) is 56.1 Å². The van der Waals surface area contributed by atoms with Gasteiger partial charge in [0, 0.05) is 17.9 Å². The molecule has 2 heterocycles. The van der Waals surface area contributed by atoms with Crippen LogP contribution in [-0.4, -0.2) is 9.97 Å². The Morgan fingerprint density at radius 2 is 1.90 bits per heavy atom. The van der Waals surface area contributed by atoms with E-state index in [2.05, 4.69) is 30.1 Å². The van der Waals surface area contributed by atoms with Gasteiger partial charge in [-0.3, -0.25) is 0 Å². The van der Waals surface area contributed by atoms with Crippen LogP contribution in [0.5, 0.6) is 0 Å². The minimum Gasteiger partial charge on any atom is -0.326 e. The van der Waals surface area contributed by atoms with Crippen molar-refractivity contribution >= 4 is 11.8 Å². The van der Waals surface area contributed by atoms with Crippen molar-refractivity contribution in [1.29, 1.82) is 0 Å². The van der Waals surface area contributed by atoms with Gasteiger partial charge in [-0.15, -0.1) is 0 Å². The highest BCUT2D eigenvalue weighted by Crippen LogP contribution is 2.31. The Bertz CT molecular complexity index is 647. The third kappa shape index (κ3) is 3.27. The Morgan fingerprint density at radius 1 is 1.10 bits per heavy atom. The van der Waals surface area contributed by atoms with E-state index in [1.165, 1.54) is 29.7 Å². The third-order valence-electron chi connectivity index (χ3n) is 3.84. The normalized spacial score (nSPS) is 14.0. The van der Waals surface area contributed by atoms with Gasteiger partial charge in [0.25, 0.3) is 0 Å². The van der Waals surface area contributed by atoms with Crippen LogP contribution in [0.4, 0.5) is 0 Å². The number of aryl methyl sites for hydroxylation is 4. The zero-order valence-corrected chi connectivity index (χ0v) is 13.5. The van der Waals surface area contributed by atoms with Crippen molar-refractivity contribution in [2.75, 3.05) is 0 Å². The first-order chi connectivity index (χ1) is 10.2. The molecule has 0 aromatic carbocycles. The van der Waals surface area contributed by atoms with Gasteiger partial charge in [0.1, 0.15) is 10.1 Å². The fourth-order valence-corrected chi connectivity index (χ4v) is 3.91. The van der Waals surface area contributed by atoms with Crippen molar-refractivity contribution in [2.24, 2.45) is 5.73 Å². The number of rotatable bonds is 3. The third-order valence-corrected chi connectivity index (χ3v) is 4.80. The van der Waals surface area contributed by atoms with Crippen LogP contribution in [0.25, 0.3) is 0 Å². The number of aromatic nitrogens is 2. The first-order valence-corrected chi connectivity index (χ1v) is 8.32. The van der Waals surface area contributed by atoms with Gasteiger partial charge in [0.05, 0.1) is 0 Å². The molecule has 110 valence electrons. The molecule has 0 bridgehead atoms. The van der Waals surface area contributed by atoms with Crippen molar-refractivity contribution < 1.29 is 0 Å². The number of pyridine rings is 2. The smallest absolute Gasteiger partial charge is 0.107 e. The second-order valence-electron chi connectivity index (χ2n) is 5.70. The van der Waals surface area contributed by atoms with Crippen LogP contribution >= 0.6 is 11.8 Å². The van der Waals surface area contributed by atoms with Crippen LogP contribution in [0.15, 0.2) is 28.3 Å². The molecule has 1 aliphatic rings. The summed E-state index contributed by atoms with van der Waals surface area (Å²) in [5, 5.41) is 2.03. The molecule has 1 aliphatic carbocycles. The minimum atomic E-state index is 0.535. The van der Waals surface area contributed by atoms with Crippen LogP contribution in [0.1, 0.15) is 40.9 Å². The summed E-state index contributed by atoms with van der Waals surface area (Å²) >= 11 is 1.64. The van der Waals surface area contributed by atoms with Crippen LogP contribution in [0.2, 0.25) is 0 Å². The molecule has 0 atom stereocenters. The van der Waals surface area contributed by atoms with Gasteiger partial charge in [-0.05, 0) is 80.1 Å². The largest absolute Gasteiger partial charge is 0.326 e. The van der Waals surface area contributed by atoms with Gasteiger partial charge in [-0.2, -0.15) is 0 Å². The van der Waals surface area contributed by atoms with Crippen molar-refractivity contribution in [3.63, 3.8) is 0 Å². The molecule has 21 heavy (non-hydrogen) atoms. The van der Waals surface area contributed by atoms with Gasteiger partial charge >= 0.3 is 0 Å². The zero-order chi connectivity index (χ0) is 14.8. The maximum absolute atomic E-state index is 5.92. The lowest BCUT2D eigenvalue weighted by Crippen LogP contribution is -2.10. The Kier molecular flexibility index (Phi) is 4.27. The fraction of sp³-hybridized carbons (Fsp3) is 0.412. The van der Waals surface area contributed by atoms with Gasteiger partial charge in [-0.25, -0.2) is 9.97 Å². The monoisotopic (exact) mass is 299 g/mol. The van der Waals surface area contributed by atoms with Crippen LogP contribution in [0, 0.1) is 13.8 Å². The summed E-state index contributed by atoms with van der Waals surface area (Å²) < 4.78 is 0. The highest BCUT2D eigenvalue weighted by molar-refractivity contribution is 7.99. The molecule has 2 aromatic rings. The second kappa shape index (κ2) is 6.16. The van der Waals surface area contributed by atoms with E-state index in [0.717, 1.165) is 34.2 Å². The zero-order valence-electron chi connectivity index (χ0n) is 12.6. The molecule has 3 rings (SSSR count). The summed E-state index contributed by atoms with van der Waals surface area (Å²) in [5.41, 5.74) is 12.0. The van der Waals surface area contributed by atoms with Crippen LogP contribution in [-0.2, 0) is 19.4 Å². The average molecular weight is 299 g/mol. The van der Waals surface area contributed by atoms with Crippen molar-refractivity contribution in [3.05, 3.63) is 46.3 Å². The second-order valence-corrected chi connectivity index (χ2v) is 6.70. The average Bonchev–Trinajstić information content (AvgIpc) is 2.45. The summed E-state index contributed by atoms with van der Waals surface area (Å²) in [5.74, 6) is 0. The quantitative estimate of drug-likeness (QED) is 0.941. The molecule has 0 spiro atoms. The van der Waals surface area contributed by atoms with Gasteiger partial charge in [0.2, 0.25) is 0 Å². The van der Waals surface area contributed by atoms with Crippen molar-refractivity contribution in [1.82, 2.24) is 9.97 Å². The standard InChI is InChI=1S/C17H21N3S/c1-11-7-12(2)19-16(8-11)21-17-14(10-18)9-13-5-3-4-6-15(13)20-17/h7-9H,3-6,10,18H2,1-2H3. The maximum atomic E-state index is 5.92. The Balaban J connectivity index is 1.97. The lowest BCUT2D eigenvalue weighted by molar-refractivity contribution is 0.656. The Morgan fingerprint density at radius 3 is 2.67 bits per heavy atom. The fourth-order valence-electron chi connectivity index (χ4n) is 2.85. The van der Waals surface area contributed by atoms with E-state index in [4.69, 9.17) is 10.7 Å². The van der Waals surface area contributed by atoms with Gasteiger partial charge in [-0.1, -0.05) is 6.07 Å².